The van der Waals surface area contributed by atoms with Crippen LogP contribution in [0.5, 0.6) is 0 Å². The van der Waals surface area contributed by atoms with Gasteiger partial charge in [0.05, 0.1) is 5.69 Å². The molecule has 0 spiro atoms. The molecule has 8 heteroatoms. The molecular weight excluding hydrogens is 467 g/mol. The largest absolute Gasteiger partial charge is 0.348 e. The van der Waals surface area contributed by atoms with Crippen LogP contribution in [0.4, 0.5) is 11.6 Å². The number of benzene rings is 3. The van der Waals surface area contributed by atoms with E-state index in [4.69, 9.17) is 34.8 Å². The quantitative estimate of drug-likeness (QED) is 0.317. The van der Waals surface area contributed by atoms with Crippen LogP contribution in [0.3, 0.4) is 0 Å². The standard InChI is InChI=1S/C24H17Cl3N4O/c25-18-5-1-15(2-6-18)22-11-12-28-24(31-22)30-20-8-3-16(4-9-20)23(32)29-14-17-13-19(26)7-10-21(17)27/h1-13H,14H2,(H,29,32)(H,28,30,31). The zero-order valence-corrected chi connectivity index (χ0v) is 18.9. The number of hydrogen-bond donors (Lipinski definition) is 2. The Labute approximate surface area is 200 Å². The minimum Gasteiger partial charge on any atom is -0.348 e. The van der Waals surface area contributed by atoms with Gasteiger partial charge in [0, 0.05) is 44.6 Å². The summed E-state index contributed by atoms with van der Waals surface area (Å²) in [6, 6.07) is 21.4. The first-order valence-electron chi connectivity index (χ1n) is 9.66. The molecule has 3 aromatic carbocycles. The molecule has 0 fully saturated rings. The smallest absolute Gasteiger partial charge is 0.251 e. The molecule has 5 nitrogen and oxygen atoms in total. The number of halogens is 3. The Morgan fingerprint density at radius 1 is 0.844 bits per heavy atom. The van der Waals surface area contributed by atoms with E-state index in [1.54, 1.807) is 48.7 Å². The number of carbonyl (C=O) groups excluding carboxylic acids is 1. The topological polar surface area (TPSA) is 66.9 Å². The highest BCUT2D eigenvalue weighted by atomic mass is 35.5. The van der Waals surface area contributed by atoms with Crippen molar-refractivity contribution in [1.29, 1.82) is 0 Å². The van der Waals surface area contributed by atoms with Crippen LogP contribution in [-0.2, 0) is 6.54 Å². The van der Waals surface area contributed by atoms with Gasteiger partial charge in [0.2, 0.25) is 5.95 Å². The van der Waals surface area contributed by atoms with Crippen molar-refractivity contribution in [3.8, 4) is 11.3 Å². The number of nitrogens with zero attached hydrogens (tertiary/aromatic N) is 2. The summed E-state index contributed by atoms with van der Waals surface area (Å²) in [4.78, 5) is 21.3. The van der Waals surface area contributed by atoms with Crippen LogP contribution in [0, 0.1) is 0 Å². The lowest BCUT2D eigenvalue weighted by atomic mass is 10.1. The molecule has 0 atom stereocenters. The molecule has 32 heavy (non-hydrogen) atoms. The molecule has 0 bridgehead atoms. The number of anilines is 2. The van der Waals surface area contributed by atoms with Gasteiger partial charge in [-0.2, -0.15) is 0 Å². The maximum Gasteiger partial charge on any atom is 0.251 e. The van der Waals surface area contributed by atoms with Gasteiger partial charge in [-0.3, -0.25) is 4.79 Å². The molecule has 4 aromatic rings. The Morgan fingerprint density at radius 2 is 1.56 bits per heavy atom. The van der Waals surface area contributed by atoms with E-state index in [2.05, 4.69) is 20.6 Å². The van der Waals surface area contributed by atoms with Gasteiger partial charge >= 0.3 is 0 Å². The van der Waals surface area contributed by atoms with Gasteiger partial charge < -0.3 is 10.6 Å². The summed E-state index contributed by atoms with van der Waals surface area (Å²) in [5.74, 6) is 0.235. The van der Waals surface area contributed by atoms with E-state index in [9.17, 15) is 4.79 Å². The molecule has 1 heterocycles. The Hall–Kier alpha value is -3.12. The van der Waals surface area contributed by atoms with Crippen LogP contribution < -0.4 is 10.6 Å². The molecule has 1 amide bonds. The van der Waals surface area contributed by atoms with Crippen molar-refractivity contribution in [2.45, 2.75) is 6.54 Å². The number of carbonyl (C=O) groups is 1. The predicted molar refractivity (Wildman–Crippen MR) is 130 cm³/mol. The minimum atomic E-state index is -0.214. The summed E-state index contributed by atoms with van der Waals surface area (Å²) in [5, 5.41) is 7.78. The van der Waals surface area contributed by atoms with Crippen LogP contribution in [-0.4, -0.2) is 15.9 Å². The van der Waals surface area contributed by atoms with Crippen molar-refractivity contribution >= 4 is 52.3 Å². The molecule has 4 rings (SSSR count). The van der Waals surface area contributed by atoms with Crippen molar-refractivity contribution in [3.05, 3.63) is 105 Å². The lowest BCUT2D eigenvalue weighted by molar-refractivity contribution is 0.0951. The van der Waals surface area contributed by atoms with Gasteiger partial charge in [-0.15, -0.1) is 0 Å². The number of aromatic nitrogens is 2. The first-order valence-corrected chi connectivity index (χ1v) is 10.8. The van der Waals surface area contributed by atoms with Gasteiger partial charge in [-0.1, -0.05) is 46.9 Å². The van der Waals surface area contributed by atoms with E-state index in [-0.39, 0.29) is 12.5 Å². The maximum absolute atomic E-state index is 12.5. The van der Waals surface area contributed by atoms with Crippen molar-refractivity contribution in [3.63, 3.8) is 0 Å². The van der Waals surface area contributed by atoms with Crippen molar-refractivity contribution in [2.75, 3.05) is 5.32 Å². The van der Waals surface area contributed by atoms with Crippen LogP contribution in [0.2, 0.25) is 15.1 Å². The normalized spacial score (nSPS) is 10.6. The zero-order valence-electron chi connectivity index (χ0n) is 16.6. The van der Waals surface area contributed by atoms with Crippen LogP contribution in [0.1, 0.15) is 15.9 Å². The number of hydrogen-bond acceptors (Lipinski definition) is 4. The van der Waals surface area contributed by atoms with Crippen molar-refractivity contribution in [1.82, 2.24) is 15.3 Å². The van der Waals surface area contributed by atoms with Crippen LogP contribution >= 0.6 is 34.8 Å². The van der Waals surface area contributed by atoms with E-state index in [0.29, 0.717) is 26.6 Å². The SMILES string of the molecule is O=C(NCc1cc(Cl)ccc1Cl)c1ccc(Nc2nccc(-c3ccc(Cl)cc3)n2)cc1. The molecule has 0 aliphatic carbocycles. The first kappa shape index (κ1) is 22.1. The highest BCUT2D eigenvalue weighted by Crippen LogP contribution is 2.22. The molecule has 160 valence electrons. The molecule has 0 aliphatic rings. The van der Waals surface area contributed by atoms with Gasteiger partial charge in [0.1, 0.15) is 0 Å². The maximum atomic E-state index is 12.5. The molecule has 2 N–H and O–H groups in total. The summed E-state index contributed by atoms with van der Waals surface area (Å²) in [6.07, 6.45) is 1.68. The van der Waals surface area contributed by atoms with E-state index in [1.165, 1.54) is 0 Å². The summed E-state index contributed by atoms with van der Waals surface area (Å²) in [5.41, 5.74) is 3.74. The van der Waals surface area contributed by atoms with Crippen LogP contribution in [0.25, 0.3) is 11.3 Å². The second-order valence-electron chi connectivity index (χ2n) is 6.89. The third-order valence-electron chi connectivity index (χ3n) is 4.65. The molecule has 1 aromatic heterocycles. The second-order valence-corrected chi connectivity index (χ2v) is 8.17. The first-order chi connectivity index (χ1) is 15.5. The van der Waals surface area contributed by atoms with Gasteiger partial charge in [0.15, 0.2) is 0 Å². The molecule has 0 unspecified atom stereocenters. The van der Waals surface area contributed by atoms with E-state index in [1.807, 2.05) is 30.3 Å². The third-order valence-corrected chi connectivity index (χ3v) is 5.50. The van der Waals surface area contributed by atoms with Gasteiger partial charge in [0.25, 0.3) is 5.91 Å². The van der Waals surface area contributed by atoms with Crippen LogP contribution in [0.15, 0.2) is 79.0 Å². The monoisotopic (exact) mass is 482 g/mol. The lowest BCUT2D eigenvalue weighted by Gasteiger charge is -2.09. The fraction of sp³-hybridized carbons (Fsp3) is 0.0417. The Balaban J connectivity index is 1.40. The average molecular weight is 484 g/mol. The summed E-state index contributed by atoms with van der Waals surface area (Å²) in [6.45, 7) is 0.281. The third kappa shape index (κ3) is 5.56. The van der Waals surface area contributed by atoms with E-state index in [0.717, 1.165) is 22.5 Å². The molecule has 0 radical (unpaired) electrons. The zero-order chi connectivity index (χ0) is 22.5. The summed E-state index contributed by atoms with van der Waals surface area (Å²) >= 11 is 18.1. The highest BCUT2D eigenvalue weighted by Gasteiger charge is 2.08. The Kier molecular flexibility index (Phi) is 6.90. The Bertz CT molecular complexity index is 1250. The fourth-order valence-electron chi connectivity index (χ4n) is 2.99. The second kappa shape index (κ2) is 10.0. The summed E-state index contributed by atoms with van der Waals surface area (Å²) < 4.78 is 0. The number of amides is 1. The lowest BCUT2D eigenvalue weighted by Crippen LogP contribution is -2.22. The van der Waals surface area contributed by atoms with Crippen molar-refractivity contribution in [2.24, 2.45) is 0 Å². The predicted octanol–water partition coefficient (Wildman–Crippen LogP) is 6.78. The molecule has 0 aliphatic heterocycles. The Morgan fingerprint density at radius 3 is 2.31 bits per heavy atom. The number of rotatable bonds is 6. The van der Waals surface area contributed by atoms with E-state index >= 15 is 0 Å². The van der Waals surface area contributed by atoms with E-state index < -0.39 is 0 Å². The molecule has 0 saturated carbocycles. The molecular formula is C24H17Cl3N4O. The highest BCUT2D eigenvalue weighted by molar-refractivity contribution is 6.33. The van der Waals surface area contributed by atoms with Gasteiger partial charge in [-0.05, 0) is 66.2 Å². The summed E-state index contributed by atoms with van der Waals surface area (Å²) in [7, 11) is 0. The van der Waals surface area contributed by atoms with Gasteiger partial charge in [-0.25, -0.2) is 9.97 Å². The number of nitrogens with one attached hydrogen (secondary N) is 2. The fourth-order valence-corrected chi connectivity index (χ4v) is 3.50. The van der Waals surface area contributed by atoms with Crippen molar-refractivity contribution < 1.29 is 4.79 Å². The minimum absolute atomic E-state index is 0.214. The average Bonchev–Trinajstić information content (AvgIpc) is 2.80. The molecule has 0 saturated heterocycles.